The largest absolute Gasteiger partial charge is 0.377 e. The van der Waals surface area contributed by atoms with Crippen molar-refractivity contribution >= 4 is 26.7 Å². The van der Waals surface area contributed by atoms with Crippen LogP contribution in [0.25, 0.3) is 10.8 Å². The lowest BCUT2D eigenvalue weighted by molar-refractivity contribution is 0.0611. The SMILES string of the molecule is CCCNC(COC(C)C)c1ccc2cc(Br)ccc2c1. The van der Waals surface area contributed by atoms with E-state index in [1.165, 1.54) is 16.3 Å². The van der Waals surface area contributed by atoms with Gasteiger partial charge in [0.2, 0.25) is 0 Å². The fourth-order valence-corrected chi connectivity index (χ4v) is 2.71. The number of rotatable bonds is 7. The molecular formula is C18H24BrNO. The van der Waals surface area contributed by atoms with Crippen molar-refractivity contribution in [3.8, 4) is 0 Å². The first-order chi connectivity index (χ1) is 10.1. The molecule has 0 heterocycles. The van der Waals surface area contributed by atoms with Crippen molar-refractivity contribution in [3.05, 3.63) is 46.4 Å². The zero-order valence-corrected chi connectivity index (χ0v) is 14.6. The van der Waals surface area contributed by atoms with Crippen LogP contribution in [0.15, 0.2) is 40.9 Å². The molecule has 0 aromatic heterocycles. The Morgan fingerprint density at radius 1 is 1.10 bits per heavy atom. The maximum atomic E-state index is 5.82. The van der Waals surface area contributed by atoms with Crippen LogP contribution >= 0.6 is 15.9 Å². The average Bonchev–Trinajstić information content (AvgIpc) is 2.46. The van der Waals surface area contributed by atoms with Crippen molar-refractivity contribution in [1.82, 2.24) is 5.32 Å². The van der Waals surface area contributed by atoms with E-state index in [9.17, 15) is 0 Å². The molecule has 0 bridgehead atoms. The average molecular weight is 350 g/mol. The Bertz CT molecular complexity index is 582. The van der Waals surface area contributed by atoms with Crippen LogP contribution in [0, 0.1) is 0 Å². The Morgan fingerprint density at radius 2 is 1.81 bits per heavy atom. The van der Waals surface area contributed by atoms with Gasteiger partial charge >= 0.3 is 0 Å². The van der Waals surface area contributed by atoms with E-state index in [1.54, 1.807) is 0 Å². The van der Waals surface area contributed by atoms with E-state index in [4.69, 9.17) is 4.74 Å². The Morgan fingerprint density at radius 3 is 2.52 bits per heavy atom. The maximum absolute atomic E-state index is 5.82. The fraction of sp³-hybridized carbons (Fsp3) is 0.444. The topological polar surface area (TPSA) is 21.3 Å². The second kappa shape index (κ2) is 7.92. The van der Waals surface area contributed by atoms with E-state index in [0.717, 1.165) is 17.4 Å². The first-order valence-corrected chi connectivity index (χ1v) is 8.43. The number of hydrogen-bond donors (Lipinski definition) is 1. The number of fused-ring (bicyclic) bond motifs is 1. The monoisotopic (exact) mass is 349 g/mol. The molecule has 0 aliphatic heterocycles. The molecule has 1 unspecified atom stereocenters. The molecule has 0 amide bonds. The lowest BCUT2D eigenvalue weighted by atomic mass is 10.0. The van der Waals surface area contributed by atoms with E-state index in [-0.39, 0.29) is 12.1 Å². The van der Waals surface area contributed by atoms with Crippen LogP contribution < -0.4 is 5.32 Å². The molecule has 2 rings (SSSR count). The van der Waals surface area contributed by atoms with Crippen molar-refractivity contribution in [2.75, 3.05) is 13.2 Å². The molecular weight excluding hydrogens is 326 g/mol. The van der Waals surface area contributed by atoms with E-state index in [2.05, 4.69) is 78.4 Å². The quantitative estimate of drug-likeness (QED) is 0.753. The van der Waals surface area contributed by atoms with Gasteiger partial charge in [-0.15, -0.1) is 0 Å². The van der Waals surface area contributed by atoms with Crippen LogP contribution in [0.1, 0.15) is 38.8 Å². The summed E-state index contributed by atoms with van der Waals surface area (Å²) in [5.41, 5.74) is 1.29. The first-order valence-electron chi connectivity index (χ1n) is 7.64. The standard InChI is InChI=1S/C18H24BrNO/c1-4-9-20-18(12-21-13(2)3)16-6-5-15-11-17(19)8-7-14(15)10-16/h5-8,10-11,13,18,20H,4,9,12H2,1-3H3. The van der Waals surface area contributed by atoms with Crippen molar-refractivity contribution < 1.29 is 4.74 Å². The summed E-state index contributed by atoms with van der Waals surface area (Å²) in [5.74, 6) is 0. The Balaban J connectivity index is 2.23. The minimum Gasteiger partial charge on any atom is -0.377 e. The highest BCUT2D eigenvalue weighted by atomic mass is 79.9. The summed E-state index contributed by atoms with van der Waals surface area (Å²) in [6.07, 6.45) is 1.38. The molecule has 1 N–H and O–H groups in total. The number of nitrogens with one attached hydrogen (secondary N) is 1. The van der Waals surface area contributed by atoms with Gasteiger partial charge in [0.25, 0.3) is 0 Å². The lowest BCUT2D eigenvalue weighted by Crippen LogP contribution is -2.27. The highest BCUT2D eigenvalue weighted by molar-refractivity contribution is 9.10. The van der Waals surface area contributed by atoms with Crippen LogP contribution in [-0.2, 0) is 4.74 Å². The molecule has 3 heteroatoms. The maximum Gasteiger partial charge on any atom is 0.0664 e. The van der Waals surface area contributed by atoms with Gasteiger partial charge in [-0.25, -0.2) is 0 Å². The predicted octanol–water partition coefficient (Wildman–Crippen LogP) is 5.07. The molecule has 0 aliphatic carbocycles. The van der Waals surface area contributed by atoms with E-state index in [0.29, 0.717) is 6.61 Å². The molecule has 1 atom stereocenters. The van der Waals surface area contributed by atoms with E-state index in [1.807, 2.05) is 0 Å². The molecule has 0 radical (unpaired) electrons. The van der Waals surface area contributed by atoms with Crippen LogP contribution in [0.4, 0.5) is 0 Å². The van der Waals surface area contributed by atoms with Gasteiger partial charge in [-0.3, -0.25) is 0 Å². The van der Waals surface area contributed by atoms with Gasteiger partial charge < -0.3 is 10.1 Å². The van der Waals surface area contributed by atoms with Crippen LogP contribution in [0.5, 0.6) is 0 Å². The highest BCUT2D eigenvalue weighted by Crippen LogP contribution is 2.24. The van der Waals surface area contributed by atoms with Crippen molar-refractivity contribution in [2.45, 2.75) is 39.3 Å². The van der Waals surface area contributed by atoms with E-state index >= 15 is 0 Å². The lowest BCUT2D eigenvalue weighted by Gasteiger charge is -2.21. The summed E-state index contributed by atoms with van der Waals surface area (Å²) in [4.78, 5) is 0. The van der Waals surface area contributed by atoms with Gasteiger partial charge in [0.15, 0.2) is 0 Å². The normalized spacial score (nSPS) is 13.0. The van der Waals surface area contributed by atoms with Crippen LogP contribution in [0.3, 0.4) is 0 Å². The summed E-state index contributed by atoms with van der Waals surface area (Å²) in [6, 6.07) is 13.3. The second-order valence-electron chi connectivity index (χ2n) is 5.64. The third-order valence-corrected chi connectivity index (χ3v) is 3.96. The molecule has 2 aromatic rings. The number of ether oxygens (including phenoxy) is 1. The summed E-state index contributed by atoms with van der Waals surface area (Å²) < 4.78 is 6.93. The highest BCUT2D eigenvalue weighted by Gasteiger charge is 2.12. The van der Waals surface area contributed by atoms with Crippen LogP contribution in [0.2, 0.25) is 0 Å². The molecule has 2 aromatic carbocycles. The van der Waals surface area contributed by atoms with Crippen LogP contribution in [-0.4, -0.2) is 19.3 Å². The molecule has 114 valence electrons. The molecule has 0 saturated heterocycles. The molecule has 21 heavy (non-hydrogen) atoms. The summed E-state index contributed by atoms with van der Waals surface area (Å²) in [6.45, 7) is 8.05. The zero-order valence-electron chi connectivity index (χ0n) is 13.0. The summed E-state index contributed by atoms with van der Waals surface area (Å²) in [5, 5.41) is 6.11. The van der Waals surface area contributed by atoms with Crippen molar-refractivity contribution in [2.24, 2.45) is 0 Å². The first kappa shape index (κ1) is 16.5. The van der Waals surface area contributed by atoms with Crippen molar-refractivity contribution in [3.63, 3.8) is 0 Å². The predicted molar refractivity (Wildman–Crippen MR) is 93.8 cm³/mol. The third kappa shape index (κ3) is 4.80. The van der Waals surface area contributed by atoms with Gasteiger partial charge in [-0.1, -0.05) is 41.1 Å². The Labute approximate surface area is 136 Å². The summed E-state index contributed by atoms with van der Waals surface area (Å²) >= 11 is 3.52. The molecule has 0 spiro atoms. The smallest absolute Gasteiger partial charge is 0.0664 e. The number of benzene rings is 2. The number of halogens is 1. The minimum atomic E-state index is 0.250. The molecule has 0 fully saturated rings. The van der Waals surface area contributed by atoms with Crippen molar-refractivity contribution in [1.29, 1.82) is 0 Å². The third-order valence-electron chi connectivity index (χ3n) is 3.47. The fourth-order valence-electron chi connectivity index (χ4n) is 2.33. The Kier molecular flexibility index (Phi) is 6.22. The minimum absolute atomic E-state index is 0.250. The zero-order chi connectivity index (χ0) is 15.2. The van der Waals surface area contributed by atoms with Gasteiger partial charge in [0.1, 0.15) is 0 Å². The molecule has 0 saturated carbocycles. The van der Waals surface area contributed by atoms with Gasteiger partial charge in [0.05, 0.1) is 18.8 Å². The van der Waals surface area contributed by atoms with Gasteiger partial charge in [-0.05, 0) is 61.3 Å². The van der Waals surface area contributed by atoms with Gasteiger partial charge in [-0.2, -0.15) is 0 Å². The molecule has 0 aliphatic rings. The number of hydrogen-bond acceptors (Lipinski definition) is 2. The van der Waals surface area contributed by atoms with E-state index < -0.39 is 0 Å². The molecule has 2 nitrogen and oxygen atoms in total. The van der Waals surface area contributed by atoms with Gasteiger partial charge in [0, 0.05) is 4.47 Å². The second-order valence-corrected chi connectivity index (χ2v) is 6.56. The Hall–Kier alpha value is -0.900. The summed E-state index contributed by atoms with van der Waals surface area (Å²) in [7, 11) is 0.